The second-order valence-corrected chi connectivity index (χ2v) is 4.81. The first kappa shape index (κ1) is 14.0. The molecular weight excluding hydrogens is 328 g/mol. The number of phenols is 2. The van der Waals surface area contributed by atoms with E-state index in [2.05, 4.69) is 20.9 Å². The number of nitro groups is 1. The van der Waals surface area contributed by atoms with Crippen molar-refractivity contribution in [3.05, 3.63) is 56.5 Å². The predicted octanol–water partition coefficient (Wildman–Crippen LogP) is 3.52. The third kappa shape index (κ3) is 3.12. The average Bonchev–Trinajstić information content (AvgIpc) is 2.41. The molecule has 0 radical (unpaired) electrons. The van der Waals surface area contributed by atoms with Crippen molar-refractivity contribution < 1.29 is 15.1 Å². The van der Waals surface area contributed by atoms with Crippen LogP contribution in [0.25, 0.3) is 0 Å². The van der Waals surface area contributed by atoms with Gasteiger partial charge in [0.2, 0.25) is 5.75 Å². The zero-order valence-electron chi connectivity index (χ0n) is 10.0. The number of phenolic OH excluding ortho intramolecular Hbond substituents is 2. The zero-order valence-corrected chi connectivity index (χ0v) is 11.6. The van der Waals surface area contributed by atoms with Crippen LogP contribution < -0.4 is 0 Å². The van der Waals surface area contributed by atoms with Gasteiger partial charge in [0, 0.05) is 22.3 Å². The van der Waals surface area contributed by atoms with Crippen LogP contribution in [0.3, 0.4) is 0 Å². The van der Waals surface area contributed by atoms with Crippen LogP contribution >= 0.6 is 15.9 Å². The highest BCUT2D eigenvalue weighted by Gasteiger charge is 2.17. The molecular formula is C13H9BrN2O4. The summed E-state index contributed by atoms with van der Waals surface area (Å²) >= 11 is 3.14. The van der Waals surface area contributed by atoms with Crippen molar-refractivity contribution in [3.8, 4) is 11.5 Å². The number of rotatable bonds is 3. The molecule has 2 N–H and O–H groups in total. The molecule has 102 valence electrons. The van der Waals surface area contributed by atoms with Gasteiger partial charge < -0.3 is 10.2 Å². The van der Waals surface area contributed by atoms with Gasteiger partial charge in [-0.1, -0.05) is 15.9 Å². The number of halogens is 1. The molecule has 2 aromatic carbocycles. The largest absolute Gasteiger partial charge is 0.508 e. The Labute approximate surface area is 122 Å². The van der Waals surface area contributed by atoms with Gasteiger partial charge in [-0.05, 0) is 30.3 Å². The number of hydrogen-bond acceptors (Lipinski definition) is 5. The summed E-state index contributed by atoms with van der Waals surface area (Å²) in [5, 5.41) is 29.7. The van der Waals surface area contributed by atoms with Crippen LogP contribution in [0.4, 0.5) is 11.4 Å². The van der Waals surface area contributed by atoms with Crippen molar-refractivity contribution in [1.29, 1.82) is 0 Å². The molecule has 0 heterocycles. The lowest BCUT2D eigenvalue weighted by molar-refractivity contribution is -0.385. The maximum atomic E-state index is 10.8. The first-order chi connectivity index (χ1) is 9.47. The Kier molecular flexibility index (Phi) is 3.99. The van der Waals surface area contributed by atoms with Crippen LogP contribution in [-0.4, -0.2) is 21.4 Å². The molecule has 0 fully saturated rings. The van der Waals surface area contributed by atoms with Crippen molar-refractivity contribution in [2.45, 2.75) is 0 Å². The van der Waals surface area contributed by atoms with Crippen LogP contribution in [0.2, 0.25) is 0 Å². The molecule has 0 saturated heterocycles. The summed E-state index contributed by atoms with van der Waals surface area (Å²) in [5.41, 5.74) is 0.371. The molecule has 0 aliphatic rings. The minimum absolute atomic E-state index is 0.116. The monoisotopic (exact) mass is 336 g/mol. The van der Waals surface area contributed by atoms with E-state index < -0.39 is 16.4 Å². The summed E-state index contributed by atoms with van der Waals surface area (Å²) in [6.45, 7) is 0. The Morgan fingerprint density at radius 3 is 2.45 bits per heavy atom. The van der Waals surface area contributed by atoms with Gasteiger partial charge in [-0.3, -0.25) is 15.1 Å². The van der Waals surface area contributed by atoms with E-state index in [1.807, 2.05) is 0 Å². The van der Waals surface area contributed by atoms with Crippen molar-refractivity contribution in [2.75, 3.05) is 0 Å². The van der Waals surface area contributed by atoms with Crippen LogP contribution in [-0.2, 0) is 0 Å². The van der Waals surface area contributed by atoms with Gasteiger partial charge in [0.05, 0.1) is 10.6 Å². The Morgan fingerprint density at radius 2 is 1.85 bits per heavy atom. The fraction of sp³-hybridized carbons (Fsp3) is 0. The summed E-state index contributed by atoms with van der Waals surface area (Å²) in [6.07, 6.45) is 1.32. The Hall–Kier alpha value is -2.41. The molecule has 2 aromatic rings. The summed E-state index contributed by atoms with van der Waals surface area (Å²) in [4.78, 5) is 14.2. The third-order valence-electron chi connectivity index (χ3n) is 2.48. The summed E-state index contributed by atoms with van der Waals surface area (Å²) < 4.78 is 0.467. The zero-order chi connectivity index (χ0) is 14.7. The number of nitro benzene ring substituents is 1. The van der Waals surface area contributed by atoms with Gasteiger partial charge in [0.25, 0.3) is 0 Å². The average molecular weight is 337 g/mol. The number of hydrogen-bond donors (Lipinski definition) is 2. The van der Waals surface area contributed by atoms with Gasteiger partial charge in [-0.2, -0.15) is 0 Å². The van der Waals surface area contributed by atoms with E-state index in [0.29, 0.717) is 10.2 Å². The maximum absolute atomic E-state index is 10.8. The highest BCUT2D eigenvalue weighted by atomic mass is 79.9. The van der Waals surface area contributed by atoms with Crippen LogP contribution in [0.5, 0.6) is 11.5 Å². The fourth-order valence-electron chi connectivity index (χ4n) is 1.53. The lowest BCUT2D eigenvalue weighted by Gasteiger charge is -2.01. The second-order valence-electron chi connectivity index (χ2n) is 3.89. The SMILES string of the molecule is O=[N+]([O-])c1cc(Br)cc(C=Nc2ccc(O)cc2)c1O. The van der Waals surface area contributed by atoms with Crippen molar-refractivity contribution in [3.63, 3.8) is 0 Å². The summed E-state index contributed by atoms with van der Waals surface area (Å²) in [7, 11) is 0. The van der Waals surface area contributed by atoms with Gasteiger partial charge in [-0.15, -0.1) is 0 Å². The number of nitrogens with zero attached hydrogens (tertiary/aromatic N) is 2. The van der Waals surface area contributed by atoms with E-state index in [1.54, 1.807) is 12.1 Å². The molecule has 0 amide bonds. The number of aromatic hydroxyl groups is 2. The van der Waals surface area contributed by atoms with E-state index >= 15 is 0 Å². The molecule has 0 aliphatic carbocycles. The van der Waals surface area contributed by atoms with Crippen molar-refractivity contribution in [1.82, 2.24) is 0 Å². The van der Waals surface area contributed by atoms with E-state index in [9.17, 15) is 15.2 Å². The Balaban J connectivity index is 2.38. The van der Waals surface area contributed by atoms with Gasteiger partial charge in [0.1, 0.15) is 5.75 Å². The van der Waals surface area contributed by atoms with Crippen LogP contribution in [0.15, 0.2) is 45.9 Å². The minimum Gasteiger partial charge on any atom is -0.508 e. The molecule has 0 atom stereocenters. The normalized spacial score (nSPS) is 10.8. The summed E-state index contributed by atoms with van der Waals surface area (Å²) in [6, 6.07) is 8.83. The number of aliphatic imine (C=N–C) groups is 1. The maximum Gasteiger partial charge on any atom is 0.312 e. The molecule has 0 unspecified atom stereocenters. The second kappa shape index (κ2) is 5.70. The molecule has 0 spiro atoms. The van der Waals surface area contributed by atoms with E-state index in [4.69, 9.17) is 5.11 Å². The van der Waals surface area contributed by atoms with Crippen LogP contribution in [0, 0.1) is 10.1 Å². The standard InChI is InChI=1S/C13H9BrN2O4/c14-9-5-8(13(18)12(6-9)16(19)20)7-15-10-1-3-11(17)4-2-10/h1-7,17-18H. The minimum atomic E-state index is -0.669. The highest BCUT2D eigenvalue weighted by Crippen LogP contribution is 2.32. The predicted molar refractivity (Wildman–Crippen MR) is 77.8 cm³/mol. The molecule has 0 bridgehead atoms. The molecule has 6 nitrogen and oxygen atoms in total. The lowest BCUT2D eigenvalue weighted by Crippen LogP contribution is -1.92. The van der Waals surface area contributed by atoms with Gasteiger partial charge in [-0.25, -0.2) is 0 Å². The van der Waals surface area contributed by atoms with Gasteiger partial charge >= 0.3 is 5.69 Å². The fourth-order valence-corrected chi connectivity index (χ4v) is 1.99. The van der Waals surface area contributed by atoms with Crippen molar-refractivity contribution >= 4 is 33.5 Å². The molecule has 0 saturated carbocycles. The molecule has 2 rings (SSSR count). The smallest absolute Gasteiger partial charge is 0.312 e. The van der Waals surface area contributed by atoms with E-state index in [0.717, 1.165) is 0 Å². The third-order valence-corrected chi connectivity index (χ3v) is 2.94. The highest BCUT2D eigenvalue weighted by molar-refractivity contribution is 9.10. The molecule has 7 heteroatoms. The quantitative estimate of drug-likeness (QED) is 0.509. The Bertz CT molecular complexity index is 684. The van der Waals surface area contributed by atoms with Crippen LogP contribution in [0.1, 0.15) is 5.56 Å². The van der Waals surface area contributed by atoms with E-state index in [1.165, 1.54) is 30.5 Å². The lowest BCUT2D eigenvalue weighted by atomic mass is 10.2. The molecule has 20 heavy (non-hydrogen) atoms. The van der Waals surface area contributed by atoms with E-state index in [-0.39, 0.29) is 11.3 Å². The molecule has 0 aliphatic heterocycles. The Morgan fingerprint density at radius 1 is 1.20 bits per heavy atom. The number of benzene rings is 2. The van der Waals surface area contributed by atoms with Gasteiger partial charge in [0.15, 0.2) is 0 Å². The first-order valence-electron chi connectivity index (χ1n) is 5.47. The van der Waals surface area contributed by atoms with Crippen molar-refractivity contribution in [2.24, 2.45) is 4.99 Å². The topological polar surface area (TPSA) is 96.0 Å². The summed E-state index contributed by atoms with van der Waals surface area (Å²) in [5.74, 6) is -0.328. The molecule has 0 aromatic heterocycles. The first-order valence-corrected chi connectivity index (χ1v) is 6.26.